The normalized spacial score (nSPS) is 14.8. The summed E-state index contributed by atoms with van der Waals surface area (Å²) in [4.78, 5) is 35.0. The molecule has 10 heteroatoms. The lowest BCUT2D eigenvalue weighted by Crippen LogP contribution is -2.37. The molecule has 0 aliphatic carbocycles. The second kappa shape index (κ2) is 29.6. The number of allylic oxidation sites excluding steroid dienone is 12. The minimum absolute atomic E-state index is 0.0124. The molecule has 0 radical (unpaired) electrons. The molecule has 0 heterocycles. The number of ether oxygens (including phenoxy) is 2. The Bertz CT molecular complexity index is 1040. The fourth-order valence-corrected chi connectivity index (χ4v) is 4.59. The number of nitrogens with zero attached hydrogens (tertiary/aromatic N) is 1. The maximum atomic E-state index is 12.5. The molecule has 0 aliphatic heterocycles. The predicted octanol–water partition coefficient (Wildman–Crippen LogP) is 8.73. The van der Waals surface area contributed by atoms with Crippen molar-refractivity contribution in [3.8, 4) is 0 Å². The van der Waals surface area contributed by atoms with Gasteiger partial charge in [-0.3, -0.25) is 18.6 Å². The van der Waals surface area contributed by atoms with Gasteiger partial charge in [0.15, 0.2) is 6.10 Å². The van der Waals surface area contributed by atoms with Crippen LogP contribution in [-0.2, 0) is 32.7 Å². The lowest BCUT2D eigenvalue weighted by atomic mass is 10.1. The van der Waals surface area contributed by atoms with E-state index in [1.165, 1.54) is 12.8 Å². The summed E-state index contributed by atoms with van der Waals surface area (Å²) in [5.74, 6) is -0.915. The van der Waals surface area contributed by atoms with Gasteiger partial charge in [-0.15, -0.1) is 0 Å². The van der Waals surface area contributed by atoms with Gasteiger partial charge in [0.2, 0.25) is 0 Å². The highest BCUT2D eigenvalue weighted by Gasteiger charge is 2.27. The van der Waals surface area contributed by atoms with Crippen LogP contribution in [-0.4, -0.2) is 74.9 Å². The molecular weight excluding hydrogens is 617 g/mol. The average Bonchev–Trinajstić information content (AvgIpc) is 3.01. The van der Waals surface area contributed by atoms with E-state index >= 15 is 0 Å². The molecule has 9 nitrogen and oxygen atoms in total. The Morgan fingerprint density at radius 1 is 0.681 bits per heavy atom. The van der Waals surface area contributed by atoms with Gasteiger partial charge in [0.05, 0.1) is 27.7 Å². The first-order chi connectivity index (χ1) is 22.5. The van der Waals surface area contributed by atoms with Crippen LogP contribution >= 0.6 is 7.82 Å². The zero-order valence-electron chi connectivity index (χ0n) is 29.7. The van der Waals surface area contributed by atoms with Gasteiger partial charge in [0, 0.05) is 12.8 Å². The van der Waals surface area contributed by atoms with Gasteiger partial charge in [-0.1, -0.05) is 112 Å². The number of phosphoric acid groups is 1. The van der Waals surface area contributed by atoms with E-state index in [0.717, 1.165) is 38.5 Å². The zero-order valence-corrected chi connectivity index (χ0v) is 30.6. The number of carbonyl (C=O) groups is 2. The summed E-state index contributed by atoms with van der Waals surface area (Å²) in [6, 6.07) is 0. The third-order valence-corrected chi connectivity index (χ3v) is 7.58. The molecule has 0 aromatic heterocycles. The Morgan fingerprint density at radius 3 is 1.89 bits per heavy atom. The number of rotatable bonds is 29. The van der Waals surface area contributed by atoms with Gasteiger partial charge in [0.1, 0.15) is 19.8 Å². The first kappa shape index (κ1) is 44.5. The van der Waals surface area contributed by atoms with E-state index in [1.807, 2.05) is 75.8 Å². The Morgan fingerprint density at radius 2 is 1.26 bits per heavy atom. The lowest BCUT2D eigenvalue weighted by Gasteiger charge is -2.24. The molecule has 0 fully saturated rings. The van der Waals surface area contributed by atoms with Crippen LogP contribution in [0.2, 0.25) is 0 Å². The summed E-state index contributed by atoms with van der Waals surface area (Å²) in [5.41, 5.74) is 0. The first-order valence-corrected chi connectivity index (χ1v) is 18.7. The summed E-state index contributed by atoms with van der Waals surface area (Å²) in [6.07, 6.45) is 34.0. The topological polar surface area (TPSA) is 108 Å². The smallest absolute Gasteiger partial charge is 0.462 e. The van der Waals surface area contributed by atoms with Crippen molar-refractivity contribution in [1.82, 2.24) is 0 Å². The highest BCUT2D eigenvalue weighted by Crippen LogP contribution is 2.43. The highest BCUT2D eigenvalue weighted by atomic mass is 31.2. The Labute approximate surface area is 285 Å². The summed E-state index contributed by atoms with van der Waals surface area (Å²) < 4.78 is 33.9. The van der Waals surface area contributed by atoms with E-state index in [9.17, 15) is 19.0 Å². The van der Waals surface area contributed by atoms with Crippen LogP contribution in [0.3, 0.4) is 0 Å². The molecule has 0 saturated heterocycles. The van der Waals surface area contributed by atoms with Crippen molar-refractivity contribution in [1.29, 1.82) is 0 Å². The number of carbonyl (C=O) groups excluding carboxylic acids is 2. The Kier molecular flexibility index (Phi) is 28.0. The Balaban J connectivity index is 4.69. The quantitative estimate of drug-likeness (QED) is 0.0209. The lowest BCUT2D eigenvalue weighted by molar-refractivity contribution is -0.870. The van der Waals surface area contributed by atoms with Gasteiger partial charge in [-0.05, 0) is 44.9 Å². The molecule has 268 valence electrons. The van der Waals surface area contributed by atoms with Crippen molar-refractivity contribution in [2.24, 2.45) is 0 Å². The van der Waals surface area contributed by atoms with E-state index < -0.39 is 32.5 Å². The molecule has 0 amide bonds. The molecule has 0 aliphatic rings. The standard InChI is InChI=1S/C37H62NO8P/c1-6-8-10-12-14-16-18-19-20-22-24-26-28-30-37(40)46-35(34-45-47(41,42)44-32-31-38(3,4)5)33-43-36(39)29-27-25-23-21-17-15-13-11-9-7-2/h8,10,12-16,18-20,22,24,35H,6-7,9,11,17,21,23,25-34H2,1-5H3/p+1/b10-8+,14-12+,15-13+,18-16+,20-19+,24-22+. The van der Waals surface area contributed by atoms with Gasteiger partial charge in [0.25, 0.3) is 0 Å². The van der Waals surface area contributed by atoms with Crippen LogP contribution < -0.4 is 0 Å². The largest absolute Gasteiger partial charge is 0.472 e. The second-order valence-electron chi connectivity index (χ2n) is 12.3. The number of unbranched alkanes of at least 4 members (excludes halogenated alkanes) is 7. The predicted molar refractivity (Wildman–Crippen MR) is 192 cm³/mol. The van der Waals surface area contributed by atoms with Crippen molar-refractivity contribution in [2.45, 2.75) is 103 Å². The molecule has 1 N–H and O–H groups in total. The molecule has 0 bridgehead atoms. The van der Waals surface area contributed by atoms with Crippen LogP contribution in [0.25, 0.3) is 0 Å². The minimum atomic E-state index is -4.39. The van der Waals surface area contributed by atoms with E-state index in [-0.39, 0.29) is 26.1 Å². The van der Waals surface area contributed by atoms with Gasteiger partial charge >= 0.3 is 19.8 Å². The molecule has 0 aromatic rings. The molecule has 0 saturated carbocycles. The van der Waals surface area contributed by atoms with Crippen LogP contribution in [0, 0.1) is 0 Å². The van der Waals surface area contributed by atoms with Gasteiger partial charge < -0.3 is 18.9 Å². The van der Waals surface area contributed by atoms with Gasteiger partial charge in [-0.2, -0.15) is 0 Å². The van der Waals surface area contributed by atoms with Crippen molar-refractivity contribution in [3.05, 3.63) is 72.9 Å². The number of quaternary nitrogens is 1. The fraction of sp³-hybridized carbons (Fsp3) is 0.622. The molecule has 2 atom stereocenters. The minimum Gasteiger partial charge on any atom is -0.462 e. The van der Waals surface area contributed by atoms with Crippen molar-refractivity contribution in [2.75, 3.05) is 47.5 Å². The number of phosphoric ester groups is 1. The SMILES string of the molecule is CC/C=C/C=C/C=C/C=C/C=C/CCCC(=O)OC(COC(=O)CCCCCC/C=C/CCCC)COP(=O)(O)OCC[N+](C)(C)C. The Hall–Kier alpha value is -2.55. The maximum absolute atomic E-state index is 12.5. The summed E-state index contributed by atoms with van der Waals surface area (Å²) in [5, 5.41) is 0. The number of esters is 2. The van der Waals surface area contributed by atoms with Crippen molar-refractivity contribution in [3.63, 3.8) is 0 Å². The van der Waals surface area contributed by atoms with E-state index in [0.29, 0.717) is 30.3 Å². The third-order valence-electron chi connectivity index (χ3n) is 6.60. The highest BCUT2D eigenvalue weighted by molar-refractivity contribution is 7.47. The fourth-order valence-electron chi connectivity index (χ4n) is 3.85. The monoisotopic (exact) mass is 680 g/mol. The molecular formula is C37H63NO8P+. The number of likely N-dealkylation sites (N-methyl/N-ethyl adjacent to an activating group) is 1. The maximum Gasteiger partial charge on any atom is 0.472 e. The molecule has 0 aromatic carbocycles. The average molecular weight is 681 g/mol. The van der Waals surface area contributed by atoms with E-state index in [4.69, 9.17) is 18.5 Å². The summed E-state index contributed by atoms with van der Waals surface area (Å²) >= 11 is 0. The summed E-state index contributed by atoms with van der Waals surface area (Å²) in [7, 11) is 1.41. The van der Waals surface area contributed by atoms with Crippen molar-refractivity contribution >= 4 is 19.8 Å². The zero-order chi connectivity index (χ0) is 35.1. The van der Waals surface area contributed by atoms with Crippen LogP contribution in [0.5, 0.6) is 0 Å². The number of hydrogen-bond donors (Lipinski definition) is 1. The second-order valence-corrected chi connectivity index (χ2v) is 13.7. The van der Waals surface area contributed by atoms with Crippen LogP contribution in [0.15, 0.2) is 72.9 Å². The van der Waals surface area contributed by atoms with E-state index in [2.05, 4.69) is 32.1 Å². The third kappa shape index (κ3) is 33.2. The van der Waals surface area contributed by atoms with E-state index in [1.54, 1.807) is 0 Å². The molecule has 0 rings (SSSR count). The van der Waals surface area contributed by atoms with Crippen molar-refractivity contribution < 1.29 is 42.1 Å². The molecule has 47 heavy (non-hydrogen) atoms. The summed E-state index contributed by atoms with van der Waals surface area (Å²) in [6.45, 7) is 4.07. The molecule has 0 spiro atoms. The van der Waals surface area contributed by atoms with Gasteiger partial charge in [-0.25, -0.2) is 4.57 Å². The van der Waals surface area contributed by atoms with Crippen LogP contribution in [0.4, 0.5) is 0 Å². The number of hydrogen-bond acceptors (Lipinski definition) is 7. The molecule has 2 unspecified atom stereocenters. The first-order valence-electron chi connectivity index (χ1n) is 17.2. The van der Waals surface area contributed by atoms with Crippen LogP contribution in [0.1, 0.15) is 97.3 Å².